The van der Waals surface area contributed by atoms with Crippen molar-refractivity contribution in [1.29, 1.82) is 0 Å². The molecule has 2 aromatic carbocycles. The van der Waals surface area contributed by atoms with Crippen LogP contribution < -0.4 is 16.0 Å². The molecule has 0 radical (unpaired) electrons. The van der Waals surface area contributed by atoms with Crippen molar-refractivity contribution in [2.45, 2.75) is 19.9 Å². The third-order valence-corrected chi connectivity index (χ3v) is 4.04. The smallest absolute Gasteiger partial charge is 0.257 e. The van der Waals surface area contributed by atoms with Gasteiger partial charge in [-0.15, -0.1) is 0 Å². The summed E-state index contributed by atoms with van der Waals surface area (Å²) in [6.45, 7) is 3.37. The predicted molar refractivity (Wildman–Crippen MR) is 101 cm³/mol. The van der Waals surface area contributed by atoms with Crippen LogP contribution in [-0.2, 0) is 4.79 Å². The zero-order valence-corrected chi connectivity index (χ0v) is 15.7. The summed E-state index contributed by atoms with van der Waals surface area (Å²) in [4.78, 5) is 36.7. The summed E-state index contributed by atoms with van der Waals surface area (Å²) >= 11 is 0. The number of anilines is 1. The van der Waals surface area contributed by atoms with E-state index in [2.05, 4.69) is 16.0 Å². The molecule has 3 amide bonds. The maximum absolute atomic E-state index is 13.8. The fourth-order valence-corrected chi connectivity index (χ4v) is 2.57. The number of amides is 3. The van der Waals surface area contributed by atoms with Gasteiger partial charge in [-0.1, -0.05) is 26.0 Å². The molecule has 0 aliphatic carbocycles. The van der Waals surface area contributed by atoms with E-state index in [1.807, 2.05) is 0 Å². The number of nitrogens with one attached hydrogen (secondary N) is 3. The zero-order valence-electron chi connectivity index (χ0n) is 15.7. The molecule has 0 aliphatic heterocycles. The van der Waals surface area contributed by atoms with Crippen LogP contribution >= 0.6 is 0 Å². The summed E-state index contributed by atoms with van der Waals surface area (Å²) in [5.41, 5.74) is -0.0514. The van der Waals surface area contributed by atoms with Gasteiger partial charge in [0.2, 0.25) is 5.91 Å². The SMILES string of the molecule is CNC(=O)c1cccc(NC(=O)C(NC(=O)c2c(F)cccc2F)C(C)C)c1. The average molecular weight is 389 g/mol. The lowest BCUT2D eigenvalue weighted by molar-refractivity contribution is -0.118. The Morgan fingerprint density at radius 2 is 1.54 bits per heavy atom. The molecular formula is C20H21F2N3O3. The third kappa shape index (κ3) is 4.91. The van der Waals surface area contributed by atoms with Crippen LogP contribution in [0.15, 0.2) is 42.5 Å². The van der Waals surface area contributed by atoms with E-state index in [0.29, 0.717) is 11.3 Å². The van der Waals surface area contributed by atoms with Gasteiger partial charge in [0.25, 0.3) is 11.8 Å². The summed E-state index contributed by atoms with van der Waals surface area (Å²) in [5.74, 6) is -4.31. The first-order valence-corrected chi connectivity index (χ1v) is 8.62. The quantitative estimate of drug-likeness (QED) is 0.710. The summed E-state index contributed by atoms with van der Waals surface area (Å²) < 4.78 is 27.6. The number of halogens is 2. The van der Waals surface area contributed by atoms with E-state index in [1.54, 1.807) is 32.0 Å². The number of hydrogen-bond acceptors (Lipinski definition) is 3. The molecule has 2 rings (SSSR count). The van der Waals surface area contributed by atoms with Gasteiger partial charge in [-0.25, -0.2) is 8.78 Å². The van der Waals surface area contributed by atoms with E-state index in [-0.39, 0.29) is 11.8 Å². The molecule has 28 heavy (non-hydrogen) atoms. The molecule has 0 fully saturated rings. The van der Waals surface area contributed by atoms with E-state index in [0.717, 1.165) is 18.2 Å². The first-order valence-electron chi connectivity index (χ1n) is 8.62. The minimum Gasteiger partial charge on any atom is -0.355 e. The Morgan fingerprint density at radius 1 is 0.929 bits per heavy atom. The Hall–Kier alpha value is -3.29. The lowest BCUT2D eigenvalue weighted by atomic mass is 10.0. The number of rotatable bonds is 6. The van der Waals surface area contributed by atoms with Gasteiger partial charge < -0.3 is 16.0 Å². The zero-order chi connectivity index (χ0) is 20.8. The van der Waals surface area contributed by atoms with Crippen LogP contribution in [0, 0.1) is 17.6 Å². The Labute approximate surface area is 161 Å². The van der Waals surface area contributed by atoms with Crippen molar-refractivity contribution in [3.63, 3.8) is 0 Å². The standard InChI is InChI=1S/C20H21F2N3O3/c1-11(2)17(25-19(27)16-14(21)8-5-9-15(16)22)20(28)24-13-7-4-6-12(10-13)18(26)23-3/h4-11,17H,1-3H3,(H,23,26)(H,24,28)(H,25,27). The Morgan fingerprint density at radius 3 is 2.11 bits per heavy atom. The maximum Gasteiger partial charge on any atom is 0.257 e. The molecule has 0 saturated carbocycles. The van der Waals surface area contributed by atoms with E-state index in [1.165, 1.54) is 13.1 Å². The van der Waals surface area contributed by atoms with Crippen molar-refractivity contribution in [2.75, 3.05) is 12.4 Å². The fourth-order valence-electron chi connectivity index (χ4n) is 2.57. The van der Waals surface area contributed by atoms with E-state index in [9.17, 15) is 23.2 Å². The molecule has 0 spiro atoms. The fraction of sp³-hybridized carbons (Fsp3) is 0.250. The third-order valence-electron chi connectivity index (χ3n) is 4.04. The van der Waals surface area contributed by atoms with E-state index in [4.69, 9.17) is 0 Å². The molecule has 1 unspecified atom stereocenters. The summed E-state index contributed by atoms with van der Waals surface area (Å²) in [6.07, 6.45) is 0. The molecule has 0 bridgehead atoms. The van der Waals surface area contributed by atoms with Crippen molar-refractivity contribution in [1.82, 2.24) is 10.6 Å². The molecule has 0 aromatic heterocycles. The lowest BCUT2D eigenvalue weighted by Crippen LogP contribution is -2.47. The highest BCUT2D eigenvalue weighted by atomic mass is 19.1. The second-order valence-corrected chi connectivity index (χ2v) is 6.44. The molecular weight excluding hydrogens is 368 g/mol. The van der Waals surface area contributed by atoms with Crippen LogP contribution in [0.25, 0.3) is 0 Å². The normalized spacial score (nSPS) is 11.6. The van der Waals surface area contributed by atoms with Crippen LogP contribution in [-0.4, -0.2) is 30.8 Å². The number of benzene rings is 2. The maximum atomic E-state index is 13.8. The van der Waals surface area contributed by atoms with Gasteiger partial charge in [-0.05, 0) is 36.2 Å². The van der Waals surface area contributed by atoms with Crippen LogP contribution in [0.1, 0.15) is 34.6 Å². The van der Waals surface area contributed by atoms with Crippen molar-refractivity contribution < 1.29 is 23.2 Å². The average Bonchev–Trinajstić information content (AvgIpc) is 2.65. The summed E-state index contributed by atoms with van der Waals surface area (Å²) in [5, 5.41) is 7.46. The summed E-state index contributed by atoms with van der Waals surface area (Å²) in [6, 6.07) is 8.27. The first-order chi connectivity index (χ1) is 13.2. The molecule has 148 valence electrons. The van der Waals surface area contributed by atoms with Crippen molar-refractivity contribution >= 4 is 23.4 Å². The largest absolute Gasteiger partial charge is 0.355 e. The van der Waals surface area contributed by atoms with Crippen LogP contribution in [0.2, 0.25) is 0 Å². The van der Waals surface area contributed by atoms with Crippen LogP contribution in [0.3, 0.4) is 0 Å². The van der Waals surface area contributed by atoms with Gasteiger partial charge >= 0.3 is 0 Å². The Balaban J connectivity index is 2.19. The number of carbonyl (C=O) groups excluding carboxylic acids is 3. The van der Waals surface area contributed by atoms with Crippen LogP contribution in [0.5, 0.6) is 0 Å². The highest BCUT2D eigenvalue weighted by Crippen LogP contribution is 2.15. The Bertz CT molecular complexity index is 880. The van der Waals surface area contributed by atoms with Gasteiger partial charge in [0.15, 0.2) is 0 Å². The molecule has 0 heterocycles. The second kappa shape index (κ2) is 9.07. The van der Waals surface area contributed by atoms with Crippen LogP contribution in [0.4, 0.5) is 14.5 Å². The summed E-state index contributed by atoms with van der Waals surface area (Å²) in [7, 11) is 1.49. The minimum atomic E-state index is -1.05. The van der Waals surface area contributed by atoms with Gasteiger partial charge in [0, 0.05) is 18.3 Å². The monoisotopic (exact) mass is 389 g/mol. The molecule has 8 heteroatoms. The van der Waals surface area contributed by atoms with Gasteiger partial charge in [0.1, 0.15) is 23.2 Å². The first kappa shape index (κ1) is 21.0. The molecule has 1 atom stereocenters. The Kier molecular flexibility index (Phi) is 6.81. The number of carbonyl (C=O) groups is 3. The topological polar surface area (TPSA) is 87.3 Å². The van der Waals surface area contributed by atoms with Crippen molar-refractivity contribution in [3.05, 3.63) is 65.2 Å². The second-order valence-electron chi connectivity index (χ2n) is 6.44. The predicted octanol–water partition coefficient (Wildman–Crippen LogP) is 2.72. The van der Waals surface area contributed by atoms with Gasteiger partial charge in [0.05, 0.1) is 0 Å². The molecule has 3 N–H and O–H groups in total. The van der Waals surface area contributed by atoms with Gasteiger partial charge in [-0.3, -0.25) is 14.4 Å². The molecule has 0 saturated heterocycles. The molecule has 2 aromatic rings. The lowest BCUT2D eigenvalue weighted by Gasteiger charge is -2.22. The van der Waals surface area contributed by atoms with E-state index >= 15 is 0 Å². The molecule has 6 nitrogen and oxygen atoms in total. The minimum absolute atomic E-state index is 0.320. The number of hydrogen-bond donors (Lipinski definition) is 3. The highest BCUT2D eigenvalue weighted by Gasteiger charge is 2.27. The van der Waals surface area contributed by atoms with Crippen molar-refractivity contribution in [2.24, 2.45) is 5.92 Å². The molecule has 0 aliphatic rings. The van der Waals surface area contributed by atoms with E-state index < -0.39 is 35.1 Å². The highest BCUT2D eigenvalue weighted by molar-refractivity contribution is 6.02. The van der Waals surface area contributed by atoms with Gasteiger partial charge in [-0.2, -0.15) is 0 Å². The van der Waals surface area contributed by atoms with Crippen molar-refractivity contribution in [3.8, 4) is 0 Å².